The Morgan fingerprint density at radius 2 is 2.23 bits per heavy atom. The fourth-order valence-electron chi connectivity index (χ4n) is 1.74. The molecule has 0 unspecified atom stereocenters. The number of hydrogen-bond donors (Lipinski definition) is 1. The van der Waals surface area contributed by atoms with Gasteiger partial charge in [-0.15, -0.1) is 0 Å². The Kier molecular flexibility index (Phi) is 1.78. The molecule has 2 rings (SSSR count). The topological polar surface area (TPSA) is 42.7 Å². The number of aromatic nitrogens is 3. The fraction of sp³-hybridized carbons (Fsp3) is 0.778. The molecule has 1 aromatic heterocycles. The summed E-state index contributed by atoms with van der Waals surface area (Å²) in [7, 11) is 0. The van der Waals surface area contributed by atoms with Gasteiger partial charge in [-0.1, -0.05) is 0 Å². The molecular weight excluding hydrogens is 164 g/mol. The van der Waals surface area contributed by atoms with Crippen molar-refractivity contribution in [3.05, 3.63) is 5.82 Å². The van der Waals surface area contributed by atoms with Crippen molar-refractivity contribution in [3.8, 4) is 0 Å². The summed E-state index contributed by atoms with van der Waals surface area (Å²) in [6.45, 7) is 7.31. The molecule has 2 heterocycles. The largest absolute Gasteiger partial charge is 0.350 e. The summed E-state index contributed by atoms with van der Waals surface area (Å²) >= 11 is 0. The molecule has 0 amide bonds. The fourth-order valence-corrected chi connectivity index (χ4v) is 1.74. The third-order valence-electron chi connectivity index (χ3n) is 2.40. The first-order valence-corrected chi connectivity index (χ1v) is 4.76. The minimum Gasteiger partial charge on any atom is -0.350 e. The lowest BCUT2D eigenvalue weighted by molar-refractivity contribution is 0.487. The summed E-state index contributed by atoms with van der Waals surface area (Å²) in [6, 6.07) is 0. The molecule has 0 radical (unpaired) electrons. The molecule has 1 aliphatic rings. The van der Waals surface area contributed by atoms with Gasteiger partial charge in [0, 0.05) is 12.1 Å². The zero-order valence-corrected chi connectivity index (χ0v) is 8.46. The molecule has 0 bridgehead atoms. The van der Waals surface area contributed by atoms with Crippen LogP contribution in [0.2, 0.25) is 0 Å². The number of anilines is 1. The predicted octanol–water partition coefficient (Wildman–Crippen LogP) is 1.57. The van der Waals surface area contributed by atoms with Crippen LogP contribution in [-0.4, -0.2) is 20.3 Å². The highest BCUT2D eigenvalue weighted by Crippen LogP contribution is 2.22. The van der Waals surface area contributed by atoms with Gasteiger partial charge >= 0.3 is 0 Å². The molecule has 1 aliphatic heterocycles. The Morgan fingerprint density at radius 1 is 1.46 bits per heavy atom. The number of aryl methyl sites for hydroxylation is 2. The molecule has 72 valence electrons. The van der Waals surface area contributed by atoms with Crippen LogP contribution >= 0.6 is 0 Å². The summed E-state index contributed by atoms with van der Waals surface area (Å²) in [4.78, 5) is 4.35. The van der Waals surface area contributed by atoms with Gasteiger partial charge in [-0.05, 0) is 33.6 Å². The summed E-state index contributed by atoms with van der Waals surface area (Å²) < 4.78 is 1.96. The Labute approximate surface area is 78.4 Å². The van der Waals surface area contributed by atoms with Crippen LogP contribution in [0.1, 0.15) is 32.5 Å². The Hall–Kier alpha value is -1.06. The van der Waals surface area contributed by atoms with Gasteiger partial charge in [0.1, 0.15) is 5.82 Å². The van der Waals surface area contributed by atoms with E-state index in [1.54, 1.807) is 0 Å². The normalized spacial score (nSPS) is 20.2. The number of fused-ring (bicyclic) bond motifs is 1. The van der Waals surface area contributed by atoms with E-state index in [4.69, 9.17) is 0 Å². The second-order valence-electron chi connectivity index (χ2n) is 4.32. The van der Waals surface area contributed by atoms with Crippen molar-refractivity contribution in [2.24, 2.45) is 0 Å². The average molecular weight is 180 g/mol. The number of nitrogens with one attached hydrogen (secondary N) is 1. The molecule has 1 N–H and O–H groups in total. The van der Waals surface area contributed by atoms with Crippen molar-refractivity contribution in [1.82, 2.24) is 14.8 Å². The van der Waals surface area contributed by atoms with E-state index in [0.29, 0.717) is 0 Å². The molecular formula is C9H16N4. The van der Waals surface area contributed by atoms with Crippen LogP contribution in [0.25, 0.3) is 0 Å². The van der Waals surface area contributed by atoms with E-state index in [-0.39, 0.29) is 5.54 Å². The number of hydrogen-bond acceptors (Lipinski definition) is 3. The maximum Gasteiger partial charge on any atom is 0.221 e. The van der Waals surface area contributed by atoms with E-state index in [1.165, 1.54) is 0 Å². The third-order valence-corrected chi connectivity index (χ3v) is 2.40. The first kappa shape index (κ1) is 8.53. The smallest absolute Gasteiger partial charge is 0.221 e. The lowest BCUT2D eigenvalue weighted by Gasteiger charge is -2.23. The van der Waals surface area contributed by atoms with Crippen molar-refractivity contribution in [2.75, 3.05) is 5.32 Å². The highest BCUT2D eigenvalue weighted by atomic mass is 15.4. The van der Waals surface area contributed by atoms with Crippen LogP contribution in [-0.2, 0) is 6.54 Å². The zero-order chi connectivity index (χ0) is 9.47. The van der Waals surface area contributed by atoms with Crippen molar-refractivity contribution in [3.63, 3.8) is 0 Å². The highest BCUT2D eigenvalue weighted by molar-refractivity contribution is 5.30. The first-order chi connectivity index (χ1) is 6.07. The molecule has 0 atom stereocenters. The maximum atomic E-state index is 4.35. The van der Waals surface area contributed by atoms with Gasteiger partial charge in [0.15, 0.2) is 0 Å². The van der Waals surface area contributed by atoms with Crippen LogP contribution in [0.15, 0.2) is 0 Å². The summed E-state index contributed by atoms with van der Waals surface area (Å²) in [5.74, 6) is 1.76. The molecule has 0 spiro atoms. The first-order valence-electron chi connectivity index (χ1n) is 4.76. The van der Waals surface area contributed by atoms with E-state index in [0.717, 1.165) is 31.2 Å². The Bertz CT molecular complexity index is 313. The third kappa shape index (κ3) is 1.66. The molecule has 0 saturated carbocycles. The van der Waals surface area contributed by atoms with Gasteiger partial charge < -0.3 is 5.32 Å². The van der Waals surface area contributed by atoms with E-state index >= 15 is 0 Å². The quantitative estimate of drug-likeness (QED) is 0.659. The molecule has 0 aromatic carbocycles. The Balaban J connectivity index is 2.33. The van der Waals surface area contributed by atoms with Crippen LogP contribution in [0, 0.1) is 6.92 Å². The van der Waals surface area contributed by atoms with Crippen LogP contribution < -0.4 is 5.32 Å². The summed E-state index contributed by atoms with van der Waals surface area (Å²) in [5, 5.41) is 7.73. The van der Waals surface area contributed by atoms with Gasteiger partial charge in [-0.25, -0.2) is 4.68 Å². The van der Waals surface area contributed by atoms with E-state index < -0.39 is 0 Å². The Morgan fingerprint density at radius 3 is 3.00 bits per heavy atom. The highest BCUT2D eigenvalue weighted by Gasteiger charge is 2.23. The van der Waals surface area contributed by atoms with E-state index in [1.807, 2.05) is 11.6 Å². The second-order valence-corrected chi connectivity index (χ2v) is 4.32. The van der Waals surface area contributed by atoms with Crippen LogP contribution in [0.5, 0.6) is 0 Å². The zero-order valence-electron chi connectivity index (χ0n) is 8.46. The van der Waals surface area contributed by atoms with Gasteiger partial charge in [-0.2, -0.15) is 10.1 Å². The molecule has 4 nitrogen and oxygen atoms in total. The number of nitrogens with zero attached hydrogens (tertiary/aromatic N) is 3. The maximum absolute atomic E-state index is 4.35. The molecule has 4 heteroatoms. The van der Waals surface area contributed by atoms with E-state index in [9.17, 15) is 0 Å². The molecule has 13 heavy (non-hydrogen) atoms. The van der Waals surface area contributed by atoms with Crippen LogP contribution in [0.3, 0.4) is 0 Å². The van der Waals surface area contributed by atoms with Crippen LogP contribution in [0.4, 0.5) is 5.95 Å². The van der Waals surface area contributed by atoms with Crippen molar-refractivity contribution in [1.29, 1.82) is 0 Å². The van der Waals surface area contributed by atoms with Crippen molar-refractivity contribution in [2.45, 2.75) is 45.7 Å². The number of rotatable bonds is 0. The average Bonchev–Trinajstić information content (AvgIpc) is 2.23. The summed E-state index contributed by atoms with van der Waals surface area (Å²) in [5.41, 5.74) is 0.147. The molecule has 1 aromatic rings. The second kappa shape index (κ2) is 2.72. The minimum absolute atomic E-state index is 0.147. The molecule has 0 fully saturated rings. The van der Waals surface area contributed by atoms with Crippen molar-refractivity contribution >= 4 is 5.95 Å². The molecule has 0 saturated heterocycles. The lowest BCUT2D eigenvalue weighted by Crippen LogP contribution is -2.30. The monoisotopic (exact) mass is 180 g/mol. The SMILES string of the molecule is Cc1nc2n(n1)CCCC(C)(C)N2. The lowest BCUT2D eigenvalue weighted by atomic mass is 9.99. The summed E-state index contributed by atoms with van der Waals surface area (Å²) in [6.07, 6.45) is 2.33. The molecule has 0 aliphatic carbocycles. The van der Waals surface area contributed by atoms with Gasteiger partial charge in [-0.3, -0.25) is 0 Å². The van der Waals surface area contributed by atoms with Crippen molar-refractivity contribution < 1.29 is 0 Å². The van der Waals surface area contributed by atoms with Gasteiger partial charge in [0.25, 0.3) is 0 Å². The van der Waals surface area contributed by atoms with Gasteiger partial charge in [0.05, 0.1) is 0 Å². The van der Waals surface area contributed by atoms with E-state index in [2.05, 4.69) is 29.2 Å². The minimum atomic E-state index is 0.147. The standard InChI is InChI=1S/C9H16N4/c1-7-10-8-11-9(2,3)5-4-6-13(8)12-7/h4-6H2,1-3H3,(H,10,11,12). The predicted molar refractivity (Wildman–Crippen MR) is 51.7 cm³/mol. The van der Waals surface area contributed by atoms with Gasteiger partial charge in [0.2, 0.25) is 5.95 Å².